The van der Waals surface area contributed by atoms with Crippen molar-refractivity contribution in [3.05, 3.63) is 53.9 Å². The van der Waals surface area contributed by atoms with E-state index in [1.807, 2.05) is 30.4 Å². The molecule has 1 heterocycles. The number of hydrogen-bond donors (Lipinski definition) is 1. The fourth-order valence-electron chi connectivity index (χ4n) is 1.79. The average molecular weight is 299 g/mol. The second-order valence-corrected chi connectivity index (χ2v) is 4.62. The molecule has 0 aliphatic rings. The van der Waals surface area contributed by atoms with Gasteiger partial charge in [0.05, 0.1) is 7.11 Å². The van der Waals surface area contributed by atoms with E-state index < -0.39 is 12.1 Å². The number of methoxy groups -OCH3 is 1. The minimum atomic E-state index is -1.02. The van der Waals surface area contributed by atoms with Gasteiger partial charge in [-0.25, -0.2) is 4.79 Å². The molecule has 0 aliphatic carbocycles. The number of rotatable bonds is 6. The van der Waals surface area contributed by atoms with Gasteiger partial charge in [0.1, 0.15) is 0 Å². The van der Waals surface area contributed by atoms with Crippen LogP contribution in [-0.2, 0) is 4.79 Å². The molecule has 0 saturated carbocycles. The topological polar surface area (TPSA) is 68.7 Å². The fraction of sp³-hybridized carbons (Fsp3) is 0.176. The fourth-order valence-corrected chi connectivity index (χ4v) is 1.79. The molecule has 5 heteroatoms. The highest BCUT2D eigenvalue weighted by Gasteiger charge is 2.15. The lowest BCUT2D eigenvalue weighted by Crippen LogP contribution is -2.23. The average Bonchev–Trinajstić information content (AvgIpc) is 2.54. The van der Waals surface area contributed by atoms with Gasteiger partial charge in [-0.3, -0.25) is 4.98 Å². The molecule has 5 nitrogen and oxygen atoms in total. The van der Waals surface area contributed by atoms with Gasteiger partial charge in [0.15, 0.2) is 17.6 Å². The molecule has 0 aliphatic heterocycles. The van der Waals surface area contributed by atoms with Crippen molar-refractivity contribution in [1.29, 1.82) is 0 Å². The summed E-state index contributed by atoms with van der Waals surface area (Å²) < 4.78 is 10.6. The van der Waals surface area contributed by atoms with Crippen molar-refractivity contribution in [3.8, 4) is 11.5 Å². The van der Waals surface area contributed by atoms with Gasteiger partial charge in [-0.1, -0.05) is 18.2 Å². The van der Waals surface area contributed by atoms with Crippen molar-refractivity contribution in [1.82, 2.24) is 4.98 Å². The van der Waals surface area contributed by atoms with E-state index in [0.29, 0.717) is 11.5 Å². The van der Waals surface area contributed by atoms with Gasteiger partial charge in [-0.15, -0.1) is 0 Å². The largest absolute Gasteiger partial charge is 0.493 e. The van der Waals surface area contributed by atoms with E-state index in [9.17, 15) is 4.79 Å². The minimum Gasteiger partial charge on any atom is -0.493 e. The van der Waals surface area contributed by atoms with Crippen LogP contribution in [0.4, 0.5) is 0 Å². The molecule has 1 aromatic carbocycles. The van der Waals surface area contributed by atoms with Crippen molar-refractivity contribution in [2.24, 2.45) is 0 Å². The highest BCUT2D eigenvalue weighted by Crippen LogP contribution is 2.29. The zero-order valence-corrected chi connectivity index (χ0v) is 12.4. The summed E-state index contributed by atoms with van der Waals surface area (Å²) in [6.45, 7) is 1.47. The van der Waals surface area contributed by atoms with E-state index in [1.165, 1.54) is 14.0 Å². The minimum absolute atomic E-state index is 0.401. The maximum absolute atomic E-state index is 10.8. The van der Waals surface area contributed by atoms with Crippen LogP contribution in [0.2, 0.25) is 0 Å². The smallest absolute Gasteiger partial charge is 0.344 e. The van der Waals surface area contributed by atoms with Gasteiger partial charge in [0, 0.05) is 12.4 Å². The Morgan fingerprint density at radius 2 is 1.82 bits per heavy atom. The van der Waals surface area contributed by atoms with E-state index in [0.717, 1.165) is 11.1 Å². The van der Waals surface area contributed by atoms with Crippen LogP contribution in [0.15, 0.2) is 42.7 Å². The predicted molar refractivity (Wildman–Crippen MR) is 83.9 cm³/mol. The summed E-state index contributed by atoms with van der Waals surface area (Å²) in [7, 11) is 1.52. The Balaban J connectivity index is 2.18. The quantitative estimate of drug-likeness (QED) is 0.887. The zero-order chi connectivity index (χ0) is 15.9. The summed E-state index contributed by atoms with van der Waals surface area (Å²) in [6, 6.07) is 9.13. The van der Waals surface area contributed by atoms with Crippen molar-refractivity contribution >= 4 is 18.1 Å². The van der Waals surface area contributed by atoms with Crippen LogP contribution in [0.1, 0.15) is 18.1 Å². The van der Waals surface area contributed by atoms with Crippen molar-refractivity contribution in [2.75, 3.05) is 7.11 Å². The monoisotopic (exact) mass is 299 g/mol. The predicted octanol–water partition coefficient (Wildman–Crippen LogP) is 3.11. The van der Waals surface area contributed by atoms with Gasteiger partial charge >= 0.3 is 5.97 Å². The number of aromatic nitrogens is 1. The van der Waals surface area contributed by atoms with Crippen molar-refractivity contribution < 1.29 is 19.4 Å². The summed E-state index contributed by atoms with van der Waals surface area (Å²) in [5.41, 5.74) is 1.96. The molecule has 1 N–H and O–H groups in total. The lowest BCUT2D eigenvalue weighted by atomic mass is 10.1. The SMILES string of the molecule is COc1cc(/C=C/c2ccncc2)ccc1OC(C)C(=O)O. The zero-order valence-electron chi connectivity index (χ0n) is 12.4. The van der Waals surface area contributed by atoms with Gasteiger partial charge in [0.2, 0.25) is 0 Å². The molecule has 0 spiro atoms. The summed E-state index contributed by atoms with van der Waals surface area (Å²) in [5, 5.41) is 8.89. The van der Waals surface area contributed by atoms with Gasteiger partial charge in [-0.2, -0.15) is 0 Å². The third-order valence-electron chi connectivity index (χ3n) is 3.01. The van der Waals surface area contributed by atoms with Gasteiger partial charge in [-0.05, 0) is 42.3 Å². The maximum atomic E-state index is 10.8. The number of carboxylic acids is 1. The Hall–Kier alpha value is -2.82. The molecule has 2 aromatic rings. The number of carbonyl (C=O) groups is 1. The molecule has 0 fully saturated rings. The molecule has 0 radical (unpaired) electrons. The standard InChI is InChI=1S/C17H17NO4/c1-12(17(19)20)22-15-6-5-14(11-16(15)21-2)4-3-13-7-9-18-10-8-13/h3-12H,1-2H3,(H,19,20)/b4-3+. The third-order valence-corrected chi connectivity index (χ3v) is 3.01. The molecule has 114 valence electrons. The molecule has 1 atom stereocenters. The number of hydrogen-bond acceptors (Lipinski definition) is 4. The van der Waals surface area contributed by atoms with E-state index in [1.54, 1.807) is 24.5 Å². The molecule has 2 rings (SSSR count). The maximum Gasteiger partial charge on any atom is 0.344 e. The van der Waals surface area contributed by atoms with Crippen LogP contribution in [-0.4, -0.2) is 29.3 Å². The van der Waals surface area contributed by atoms with E-state index >= 15 is 0 Å². The second kappa shape index (κ2) is 7.26. The summed E-state index contributed by atoms with van der Waals surface area (Å²) in [4.78, 5) is 14.8. The third kappa shape index (κ3) is 4.09. The lowest BCUT2D eigenvalue weighted by molar-refractivity contribution is -0.144. The van der Waals surface area contributed by atoms with Crippen LogP contribution in [0.25, 0.3) is 12.2 Å². The van der Waals surface area contributed by atoms with Crippen molar-refractivity contribution in [3.63, 3.8) is 0 Å². The molecule has 0 saturated heterocycles. The first-order chi connectivity index (χ1) is 10.6. The van der Waals surface area contributed by atoms with E-state index in [4.69, 9.17) is 14.6 Å². The molecule has 0 amide bonds. The molecular weight excluding hydrogens is 282 g/mol. The Labute approximate surface area is 128 Å². The number of pyridine rings is 1. The molecule has 1 unspecified atom stereocenters. The van der Waals surface area contributed by atoms with E-state index in [-0.39, 0.29) is 0 Å². The highest BCUT2D eigenvalue weighted by molar-refractivity contribution is 5.73. The number of carboxylic acid groups (broad SMARTS) is 1. The second-order valence-electron chi connectivity index (χ2n) is 4.62. The lowest BCUT2D eigenvalue weighted by Gasteiger charge is -2.14. The van der Waals surface area contributed by atoms with Crippen LogP contribution in [0.5, 0.6) is 11.5 Å². The Kier molecular flexibility index (Phi) is 5.14. The number of aliphatic carboxylic acids is 1. The first-order valence-electron chi connectivity index (χ1n) is 6.76. The van der Waals surface area contributed by atoms with Crippen LogP contribution in [0, 0.1) is 0 Å². The Morgan fingerprint density at radius 3 is 2.45 bits per heavy atom. The number of ether oxygens (including phenoxy) is 2. The summed E-state index contributed by atoms with van der Waals surface area (Å²) >= 11 is 0. The summed E-state index contributed by atoms with van der Waals surface area (Å²) in [5.74, 6) is -0.132. The van der Waals surface area contributed by atoms with E-state index in [2.05, 4.69) is 4.98 Å². The Morgan fingerprint density at radius 1 is 1.14 bits per heavy atom. The van der Waals surface area contributed by atoms with Crippen LogP contribution >= 0.6 is 0 Å². The Bertz CT molecular complexity index is 668. The normalized spacial score (nSPS) is 12.1. The molecule has 22 heavy (non-hydrogen) atoms. The molecule has 0 bridgehead atoms. The summed E-state index contributed by atoms with van der Waals surface area (Å²) in [6.07, 6.45) is 6.40. The number of nitrogens with zero attached hydrogens (tertiary/aromatic N) is 1. The van der Waals surface area contributed by atoms with Gasteiger partial charge in [0.25, 0.3) is 0 Å². The molecular formula is C17H17NO4. The number of benzene rings is 1. The van der Waals surface area contributed by atoms with Crippen LogP contribution in [0.3, 0.4) is 0 Å². The van der Waals surface area contributed by atoms with Gasteiger partial charge < -0.3 is 14.6 Å². The molecule has 1 aromatic heterocycles. The van der Waals surface area contributed by atoms with Crippen LogP contribution < -0.4 is 9.47 Å². The van der Waals surface area contributed by atoms with Crippen molar-refractivity contribution in [2.45, 2.75) is 13.0 Å². The highest BCUT2D eigenvalue weighted by atomic mass is 16.5. The first-order valence-corrected chi connectivity index (χ1v) is 6.76. The first kappa shape index (κ1) is 15.6.